The molecule has 0 bridgehead atoms. The van der Waals surface area contributed by atoms with Crippen molar-refractivity contribution in [3.8, 4) is 11.5 Å². The second kappa shape index (κ2) is 4.65. The van der Waals surface area contributed by atoms with Gasteiger partial charge in [0.2, 0.25) is 0 Å². The summed E-state index contributed by atoms with van der Waals surface area (Å²) in [6.07, 6.45) is 2.72. The summed E-state index contributed by atoms with van der Waals surface area (Å²) in [5, 5.41) is 9.45. The molecule has 0 saturated carbocycles. The summed E-state index contributed by atoms with van der Waals surface area (Å²) in [6, 6.07) is 2.78. The van der Waals surface area contributed by atoms with E-state index >= 15 is 0 Å². The van der Waals surface area contributed by atoms with E-state index in [1.165, 1.54) is 24.5 Å². The summed E-state index contributed by atoms with van der Waals surface area (Å²) >= 11 is 11.6. The number of carboxylic acid groups (broad SMARTS) is 1. The second-order valence-corrected chi connectivity index (χ2v) is 3.90. The molecule has 86 valence electrons. The van der Waals surface area contributed by atoms with Crippen molar-refractivity contribution >= 4 is 29.2 Å². The lowest BCUT2D eigenvalue weighted by atomic mass is 10.3. The molecule has 0 unspecified atom stereocenters. The minimum Gasteiger partial charge on any atom is -0.477 e. The minimum atomic E-state index is -1.14. The number of rotatable bonds is 2. The fourth-order valence-electron chi connectivity index (χ4n) is 1.17. The van der Waals surface area contributed by atoms with E-state index in [2.05, 4.69) is 15.0 Å². The number of carbonyl (C=O) groups is 1. The summed E-state index contributed by atoms with van der Waals surface area (Å²) in [7, 11) is 0. The summed E-state index contributed by atoms with van der Waals surface area (Å²) in [4.78, 5) is 22.5. The number of nitrogens with zero attached hydrogens (tertiary/aromatic N) is 3. The maximum atomic E-state index is 10.8. The fourth-order valence-corrected chi connectivity index (χ4v) is 1.64. The smallest absolute Gasteiger partial charge is 0.354 e. The standard InChI is InChI=1S/C10H5Cl2N3O2/c11-5-3-6(12)8(14-4-5)9-13-2-1-7(15-9)10(16)17/h1-4H,(H,16,17). The quantitative estimate of drug-likeness (QED) is 0.907. The Morgan fingerprint density at radius 3 is 2.71 bits per heavy atom. The van der Waals surface area contributed by atoms with Crippen molar-refractivity contribution in [2.45, 2.75) is 0 Å². The Morgan fingerprint density at radius 2 is 2.06 bits per heavy atom. The third kappa shape index (κ3) is 2.51. The van der Waals surface area contributed by atoms with Gasteiger partial charge in [-0.2, -0.15) is 0 Å². The maximum absolute atomic E-state index is 10.8. The molecular formula is C10H5Cl2N3O2. The Kier molecular flexibility index (Phi) is 3.21. The van der Waals surface area contributed by atoms with E-state index < -0.39 is 5.97 Å². The summed E-state index contributed by atoms with van der Waals surface area (Å²) in [6.45, 7) is 0. The first kappa shape index (κ1) is 11.8. The van der Waals surface area contributed by atoms with Gasteiger partial charge in [-0.15, -0.1) is 0 Å². The molecular weight excluding hydrogens is 265 g/mol. The van der Waals surface area contributed by atoms with Crippen LogP contribution in [-0.4, -0.2) is 26.0 Å². The zero-order valence-corrected chi connectivity index (χ0v) is 9.77. The van der Waals surface area contributed by atoms with Crippen molar-refractivity contribution in [2.24, 2.45) is 0 Å². The molecule has 0 aliphatic carbocycles. The summed E-state index contributed by atoms with van der Waals surface area (Å²) < 4.78 is 0. The molecule has 1 N–H and O–H groups in total. The molecule has 0 aromatic carbocycles. The van der Waals surface area contributed by atoms with Gasteiger partial charge in [0.25, 0.3) is 0 Å². The van der Waals surface area contributed by atoms with Gasteiger partial charge in [0.1, 0.15) is 5.69 Å². The molecule has 7 heteroatoms. The zero-order valence-electron chi connectivity index (χ0n) is 8.26. The van der Waals surface area contributed by atoms with E-state index in [1.807, 2.05) is 0 Å². The van der Waals surface area contributed by atoms with Crippen LogP contribution < -0.4 is 0 Å². The summed E-state index contributed by atoms with van der Waals surface area (Å²) in [5.74, 6) is -0.995. The topological polar surface area (TPSA) is 76.0 Å². The molecule has 0 radical (unpaired) electrons. The lowest BCUT2D eigenvalue weighted by Crippen LogP contribution is -2.03. The van der Waals surface area contributed by atoms with Gasteiger partial charge in [0.05, 0.1) is 10.0 Å². The van der Waals surface area contributed by atoms with Crippen LogP contribution in [0.2, 0.25) is 10.0 Å². The Morgan fingerprint density at radius 1 is 1.29 bits per heavy atom. The first-order valence-electron chi connectivity index (χ1n) is 4.45. The highest BCUT2D eigenvalue weighted by Gasteiger charge is 2.12. The van der Waals surface area contributed by atoms with Crippen LogP contribution in [0.25, 0.3) is 11.5 Å². The lowest BCUT2D eigenvalue weighted by Gasteiger charge is -2.02. The van der Waals surface area contributed by atoms with Gasteiger partial charge in [0, 0.05) is 12.4 Å². The van der Waals surface area contributed by atoms with Crippen molar-refractivity contribution in [3.05, 3.63) is 40.3 Å². The van der Waals surface area contributed by atoms with Gasteiger partial charge in [-0.3, -0.25) is 0 Å². The average molecular weight is 270 g/mol. The van der Waals surface area contributed by atoms with Gasteiger partial charge < -0.3 is 5.11 Å². The Labute approximate surface area is 106 Å². The fraction of sp³-hybridized carbons (Fsp3) is 0. The Balaban J connectivity index is 2.53. The monoisotopic (exact) mass is 269 g/mol. The number of carboxylic acids is 1. The molecule has 0 spiro atoms. The lowest BCUT2D eigenvalue weighted by molar-refractivity contribution is 0.0690. The first-order valence-corrected chi connectivity index (χ1v) is 5.21. The number of aromatic nitrogens is 3. The molecule has 0 atom stereocenters. The van der Waals surface area contributed by atoms with Crippen LogP contribution >= 0.6 is 23.2 Å². The average Bonchev–Trinajstić information content (AvgIpc) is 2.29. The van der Waals surface area contributed by atoms with Crippen molar-refractivity contribution in [2.75, 3.05) is 0 Å². The van der Waals surface area contributed by atoms with Crippen LogP contribution in [0.15, 0.2) is 24.5 Å². The molecule has 5 nitrogen and oxygen atoms in total. The molecule has 0 amide bonds. The van der Waals surface area contributed by atoms with Gasteiger partial charge in [-0.1, -0.05) is 23.2 Å². The van der Waals surface area contributed by atoms with Crippen LogP contribution in [0.3, 0.4) is 0 Å². The van der Waals surface area contributed by atoms with Crippen LogP contribution in [0, 0.1) is 0 Å². The van der Waals surface area contributed by atoms with E-state index in [9.17, 15) is 4.79 Å². The number of halogens is 2. The van der Waals surface area contributed by atoms with E-state index in [0.29, 0.717) is 10.7 Å². The van der Waals surface area contributed by atoms with Crippen LogP contribution in [0.1, 0.15) is 10.5 Å². The second-order valence-electron chi connectivity index (χ2n) is 3.05. The molecule has 2 heterocycles. The molecule has 0 aliphatic rings. The van der Waals surface area contributed by atoms with Gasteiger partial charge >= 0.3 is 5.97 Å². The number of pyridine rings is 1. The molecule has 0 saturated heterocycles. The minimum absolute atomic E-state index is 0.122. The SMILES string of the molecule is O=C(O)c1ccnc(-c2ncc(Cl)cc2Cl)n1. The van der Waals surface area contributed by atoms with E-state index in [1.54, 1.807) is 0 Å². The molecule has 2 aromatic rings. The number of hydrogen-bond acceptors (Lipinski definition) is 4. The molecule has 0 fully saturated rings. The van der Waals surface area contributed by atoms with Crippen LogP contribution in [0.5, 0.6) is 0 Å². The highest BCUT2D eigenvalue weighted by Crippen LogP contribution is 2.25. The normalized spacial score (nSPS) is 10.2. The maximum Gasteiger partial charge on any atom is 0.354 e. The Bertz CT molecular complexity index is 590. The Hall–Kier alpha value is -1.72. The molecule has 17 heavy (non-hydrogen) atoms. The van der Waals surface area contributed by atoms with Crippen LogP contribution in [0.4, 0.5) is 0 Å². The third-order valence-electron chi connectivity index (χ3n) is 1.89. The number of aromatic carboxylic acids is 1. The first-order chi connectivity index (χ1) is 8.08. The predicted molar refractivity (Wildman–Crippen MR) is 62.2 cm³/mol. The van der Waals surface area contributed by atoms with Gasteiger partial charge in [-0.05, 0) is 12.1 Å². The number of hydrogen-bond donors (Lipinski definition) is 1. The third-order valence-corrected chi connectivity index (χ3v) is 2.39. The highest BCUT2D eigenvalue weighted by atomic mass is 35.5. The van der Waals surface area contributed by atoms with Crippen LogP contribution in [-0.2, 0) is 0 Å². The van der Waals surface area contributed by atoms with E-state index in [-0.39, 0.29) is 16.5 Å². The van der Waals surface area contributed by atoms with Gasteiger partial charge in [0.15, 0.2) is 11.5 Å². The van der Waals surface area contributed by atoms with Crippen molar-refractivity contribution in [1.82, 2.24) is 15.0 Å². The van der Waals surface area contributed by atoms with Crippen molar-refractivity contribution < 1.29 is 9.90 Å². The molecule has 2 aromatic heterocycles. The predicted octanol–water partition coefficient (Wildman–Crippen LogP) is 2.54. The zero-order chi connectivity index (χ0) is 12.4. The van der Waals surface area contributed by atoms with Gasteiger partial charge in [-0.25, -0.2) is 19.7 Å². The largest absolute Gasteiger partial charge is 0.477 e. The molecule has 0 aliphatic heterocycles. The molecule has 2 rings (SSSR count). The summed E-state index contributed by atoms with van der Waals surface area (Å²) in [5.41, 5.74) is 0.169. The van der Waals surface area contributed by atoms with E-state index in [0.717, 1.165) is 0 Å². The highest BCUT2D eigenvalue weighted by molar-refractivity contribution is 6.35. The van der Waals surface area contributed by atoms with Crippen molar-refractivity contribution in [3.63, 3.8) is 0 Å². The van der Waals surface area contributed by atoms with E-state index in [4.69, 9.17) is 28.3 Å². The van der Waals surface area contributed by atoms with Crippen molar-refractivity contribution in [1.29, 1.82) is 0 Å².